The van der Waals surface area contributed by atoms with Gasteiger partial charge in [0.1, 0.15) is 9.88 Å². The van der Waals surface area contributed by atoms with Crippen molar-refractivity contribution in [1.29, 1.82) is 0 Å². The van der Waals surface area contributed by atoms with E-state index in [9.17, 15) is 4.79 Å². The Balaban J connectivity index is 2.26. The van der Waals surface area contributed by atoms with E-state index in [1.807, 2.05) is 0 Å². The molecule has 17 heavy (non-hydrogen) atoms. The van der Waals surface area contributed by atoms with Crippen molar-refractivity contribution in [3.05, 3.63) is 15.6 Å². The highest BCUT2D eigenvalue weighted by Gasteiger charge is 2.24. The number of ether oxygens (including phenoxy) is 2. The highest BCUT2D eigenvalue weighted by atomic mass is 32.1. The first kappa shape index (κ1) is 12.5. The summed E-state index contributed by atoms with van der Waals surface area (Å²) in [4.78, 5) is 16.6. The maximum Gasteiger partial charge on any atom is 0.350 e. The van der Waals surface area contributed by atoms with Gasteiger partial charge in [0, 0.05) is 7.11 Å². The maximum atomic E-state index is 11.6. The monoisotopic (exact) mass is 256 g/mol. The number of carbonyl (C=O) groups is 1. The van der Waals surface area contributed by atoms with Gasteiger partial charge in [-0.2, -0.15) is 0 Å². The summed E-state index contributed by atoms with van der Waals surface area (Å²) < 4.78 is 9.81. The molecular formula is C11H16N2O3S. The van der Waals surface area contributed by atoms with E-state index < -0.39 is 0 Å². The number of aromatic nitrogens is 1. The maximum absolute atomic E-state index is 11.6. The molecule has 0 saturated carbocycles. The minimum atomic E-state index is -0.334. The van der Waals surface area contributed by atoms with E-state index in [4.69, 9.17) is 9.47 Å². The Morgan fingerprint density at radius 2 is 2.41 bits per heavy atom. The van der Waals surface area contributed by atoms with Crippen LogP contribution >= 0.6 is 11.3 Å². The van der Waals surface area contributed by atoms with Crippen LogP contribution in [0, 0.1) is 0 Å². The van der Waals surface area contributed by atoms with Crippen LogP contribution in [0.25, 0.3) is 0 Å². The molecule has 1 N–H and O–H groups in total. The molecule has 0 spiro atoms. The lowest BCUT2D eigenvalue weighted by atomic mass is 10.2. The van der Waals surface area contributed by atoms with Crippen molar-refractivity contribution in [2.45, 2.75) is 25.5 Å². The van der Waals surface area contributed by atoms with E-state index in [0.29, 0.717) is 17.2 Å². The van der Waals surface area contributed by atoms with Crippen LogP contribution in [0.4, 0.5) is 0 Å². The molecule has 0 aliphatic carbocycles. The van der Waals surface area contributed by atoms with Crippen molar-refractivity contribution < 1.29 is 14.3 Å². The van der Waals surface area contributed by atoms with Gasteiger partial charge in [0.15, 0.2) is 0 Å². The number of hydrogen-bond acceptors (Lipinski definition) is 6. The molecule has 1 fully saturated rings. The standard InChI is InChI=1S/C11H16N2O3S/c1-15-6-8-9(11(14)16-2)17-10(13-8)7-4-3-5-12-7/h7,12H,3-6H2,1-2H3. The Bertz CT molecular complexity index is 399. The fraction of sp³-hybridized carbons (Fsp3) is 0.636. The fourth-order valence-corrected chi connectivity index (χ4v) is 3.00. The fourth-order valence-electron chi connectivity index (χ4n) is 1.90. The average Bonchev–Trinajstić information content (AvgIpc) is 2.96. The van der Waals surface area contributed by atoms with Crippen LogP contribution in [-0.2, 0) is 16.1 Å². The lowest BCUT2D eigenvalue weighted by Crippen LogP contribution is -2.12. The van der Waals surface area contributed by atoms with Crippen LogP contribution in [0.15, 0.2) is 0 Å². The molecule has 1 unspecified atom stereocenters. The molecule has 2 rings (SSSR count). The molecule has 1 aromatic rings. The Morgan fingerprint density at radius 1 is 1.59 bits per heavy atom. The Kier molecular flexibility index (Phi) is 4.09. The zero-order valence-electron chi connectivity index (χ0n) is 9.99. The molecule has 1 aliphatic heterocycles. The van der Waals surface area contributed by atoms with Gasteiger partial charge in [0.25, 0.3) is 0 Å². The van der Waals surface area contributed by atoms with Crippen LogP contribution < -0.4 is 5.32 Å². The number of carbonyl (C=O) groups excluding carboxylic acids is 1. The van der Waals surface area contributed by atoms with Gasteiger partial charge >= 0.3 is 5.97 Å². The number of nitrogens with one attached hydrogen (secondary N) is 1. The topological polar surface area (TPSA) is 60.5 Å². The second kappa shape index (κ2) is 5.57. The number of esters is 1. The van der Waals surface area contributed by atoms with Crippen molar-refractivity contribution in [3.63, 3.8) is 0 Å². The van der Waals surface area contributed by atoms with E-state index in [0.717, 1.165) is 24.4 Å². The van der Waals surface area contributed by atoms with Crippen molar-refractivity contribution in [3.8, 4) is 0 Å². The summed E-state index contributed by atoms with van der Waals surface area (Å²) >= 11 is 1.40. The van der Waals surface area contributed by atoms with Gasteiger partial charge in [0.2, 0.25) is 0 Å². The minimum absolute atomic E-state index is 0.272. The first-order valence-corrected chi connectivity index (χ1v) is 6.38. The van der Waals surface area contributed by atoms with E-state index in [2.05, 4.69) is 10.3 Å². The summed E-state index contributed by atoms with van der Waals surface area (Å²) in [7, 11) is 2.97. The largest absolute Gasteiger partial charge is 0.465 e. The number of rotatable bonds is 4. The molecule has 0 amide bonds. The summed E-state index contributed by atoms with van der Waals surface area (Å²) in [6.45, 7) is 1.35. The third-order valence-electron chi connectivity index (χ3n) is 2.72. The zero-order chi connectivity index (χ0) is 12.3. The van der Waals surface area contributed by atoms with Gasteiger partial charge in [0.05, 0.1) is 25.5 Å². The van der Waals surface area contributed by atoms with Crippen LogP contribution in [0.3, 0.4) is 0 Å². The van der Waals surface area contributed by atoms with Crippen LogP contribution in [0.5, 0.6) is 0 Å². The first-order valence-electron chi connectivity index (χ1n) is 5.56. The number of thiazole rings is 1. The molecule has 1 aromatic heterocycles. The number of methoxy groups -OCH3 is 2. The molecule has 5 nitrogen and oxygen atoms in total. The van der Waals surface area contributed by atoms with E-state index in [-0.39, 0.29) is 12.0 Å². The molecule has 0 aromatic carbocycles. The van der Waals surface area contributed by atoms with Crippen LogP contribution in [0.2, 0.25) is 0 Å². The summed E-state index contributed by atoms with van der Waals surface area (Å²) in [5.74, 6) is -0.334. The molecular weight excluding hydrogens is 240 g/mol. The SMILES string of the molecule is COCc1nc(C2CCCN2)sc1C(=O)OC. The normalized spacial score (nSPS) is 19.5. The summed E-state index contributed by atoms with van der Waals surface area (Å²) in [5.41, 5.74) is 0.674. The first-order chi connectivity index (χ1) is 8.26. The molecule has 0 radical (unpaired) electrons. The molecule has 1 saturated heterocycles. The van der Waals surface area contributed by atoms with Gasteiger partial charge in [-0.1, -0.05) is 0 Å². The molecule has 1 aliphatic rings. The van der Waals surface area contributed by atoms with Gasteiger partial charge in [-0.05, 0) is 19.4 Å². The second-order valence-electron chi connectivity index (χ2n) is 3.90. The number of nitrogens with zero attached hydrogens (tertiary/aromatic N) is 1. The van der Waals surface area contributed by atoms with Gasteiger partial charge < -0.3 is 14.8 Å². The molecule has 2 heterocycles. The highest BCUT2D eigenvalue weighted by molar-refractivity contribution is 7.13. The molecule has 94 valence electrons. The molecule has 0 bridgehead atoms. The summed E-state index contributed by atoms with van der Waals surface area (Å²) in [6.07, 6.45) is 2.22. The molecule has 1 atom stereocenters. The Morgan fingerprint density at radius 3 is 3.00 bits per heavy atom. The smallest absolute Gasteiger partial charge is 0.350 e. The second-order valence-corrected chi connectivity index (χ2v) is 4.93. The average molecular weight is 256 g/mol. The van der Waals surface area contributed by atoms with Crippen molar-refractivity contribution in [2.24, 2.45) is 0 Å². The predicted molar refractivity (Wildman–Crippen MR) is 64.1 cm³/mol. The third-order valence-corrected chi connectivity index (χ3v) is 3.92. The van der Waals surface area contributed by atoms with Crippen molar-refractivity contribution >= 4 is 17.3 Å². The minimum Gasteiger partial charge on any atom is -0.465 e. The zero-order valence-corrected chi connectivity index (χ0v) is 10.8. The Hall–Kier alpha value is -0.980. The van der Waals surface area contributed by atoms with Gasteiger partial charge in [-0.25, -0.2) is 9.78 Å². The summed E-state index contributed by atoms with van der Waals surface area (Å²) in [6, 6.07) is 0.272. The van der Waals surface area contributed by atoms with Crippen molar-refractivity contribution in [1.82, 2.24) is 10.3 Å². The highest BCUT2D eigenvalue weighted by Crippen LogP contribution is 2.29. The molecule has 6 heteroatoms. The van der Waals surface area contributed by atoms with Crippen LogP contribution in [-0.4, -0.2) is 31.7 Å². The van der Waals surface area contributed by atoms with E-state index in [1.165, 1.54) is 18.4 Å². The predicted octanol–water partition coefficient (Wildman–Crippen LogP) is 1.50. The third kappa shape index (κ3) is 2.65. The van der Waals surface area contributed by atoms with E-state index in [1.54, 1.807) is 7.11 Å². The lowest BCUT2D eigenvalue weighted by molar-refractivity contribution is 0.0601. The van der Waals surface area contributed by atoms with E-state index >= 15 is 0 Å². The lowest BCUT2D eigenvalue weighted by Gasteiger charge is -2.04. The van der Waals surface area contributed by atoms with Crippen LogP contribution in [0.1, 0.15) is 39.3 Å². The number of hydrogen-bond donors (Lipinski definition) is 1. The Labute approximate surface area is 104 Å². The van der Waals surface area contributed by atoms with Gasteiger partial charge in [-0.3, -0.25) is 0 Å². The quantitative estimate of drug-likeness (QED) is 0.827. The van der Waals surface area contributed by atoms with Crippen molar-refractivity contribution in [2.75, 3.05) is 20.8 Å². The summed E-state index contributed by atoms with van der Waals surface area (Å²) in [5, 5.41) is 4.32. The van der Waals surface area contributed by atoms with Gasteiger partial charge in [-0.15, -0.1) is 11.3 Å².